The van der Waals surface area contributed by atoms with E-state index in [-0.39, 0.29) is 11.9 Å². The highest BCUT2D eigenvalue weighted by atomic mass is 32.2. The van der Waals surface area contributed by atoms with Crippen LogP contribution in [-0.4, -0.2) is 45.1 Å². The Morgan fingerprint density at radius 1 is 1.75 bits per heavy atom. The van der Waals surface area contributed by atoms with Crippen molar-refractivity contribution >= 4 is 23.6 Å². The van der Waals surface area contributed by atoms with Gasteiger partial charge in [-0.25, -0.2) is 4.79 Å². The van der Waals surface area contributed by atoms with E-state index in [0.717, 1.165) is 0 Å². The minimum atomic E-state index is -0.956. The molecule has 3 atom stereocenters. The highest BCUT2D eigenvalue weighted by molar-refractivity contribution is 8.00. The molecule has 0 bridgehead atoms. The maximum absolute atomic E-state index is 11.1. The van der Waals surface area contributed by atoms with Crippen LogP contribution in [0.1, 0.15) is 0 Å². The number of nitrogens with two attached hydrogens (primary N) is 1. The van der Waals surface area contributed by atoms with Gasteiger partial charge in [0.15, 0.2) is 5.37 Å². The summed E-state index contributed by atoms with van der Waals surface area (Å²) >= 11 is 1.26. The molecule has 0 saturated carbocycles. The number of nitrogens with zero attached hydrogens (tertiary/aromatic N) is 1. The molecule has 3 N–H and O–H groups in total. The number of carbonyl (C=O) groups is 2. The number of aliphatic carboxylic acids is 1. The Morgan fingerprint density at radius 3 is 3.00 bits per heavy atom. The highest BCUT2D eigenvalue weighted by Crippen LogP contribution is 2.37. The fraction of sp³-hybridized carbons (Fsp3) is 0.667. The molecule has 2 heterocycles. The van der Waals surface area contributed by atoms with E-state index in [4.69, 9.17) is 10.8 Å². The maximum Gasteiger partial charge on any atom is 0.337 e. The summed E-state index contributed by atoms with van der Waals surface area (Å²) in [7, 11) is 0. The van der Waals surface area contributed by atoms with Gasteiger partial charge in [0.2, 0.25) is 5.91 Å². The summed E-state index contributed by atoms with van der Waals surface area (Å²) in [4.78, 5) is 23.0. The number of hydrogen-bond donors (Lipinski definition) is 2. The van der Waals surface area contributed by atoms with Gasteiger partial charge < -0.3 is 15.7 Å². The molecule has 2 aliphatic rings. The summed E-state index contributed by atoms with van der Waals surface area (Å²) in [6.45, 7) is 0. The second-order valence-corrected chi connectivity index (χ2v) is 3.98. The first-order chi connectivity index (χ1) is 5.63. The lowest BCUT2D eigenvalue weighted by molar-refractivity contribution is -0.156. The fourth-order valence-corrected chi connectivity index (χ4v) is 2.84. The molecule has 5 nitrogen and oxygen atoms in total. The van der Waals surface area contributed by atoms with Gasteiger partial charge in [-0.1, -0.05) is 0 Å². The van der Waals surface area contributed by atoms with E-state index >= 15 is 0 Å². The van der Waals surface area contributed by atoms with Gasteiger partial charge in [-0.2, -0.15) is 0 Å². The van der Waals surface area contributed by atoms with Gasteiger partial charge >= 0.3 is 5.97 Å². The minimum Gasteiger partial charge on any atom is -0.479 e. The third-order valence-corrected chi connectivity index (χ3v) is 3.48. The molecule has 1 amide bonds. The Kier molecular flexibility index (Phi) is 1.55. The van der Waals surface area contributed by atoms with E-state index in [1.165, 1.54) is 16.7 Å². The molecule has 2 fully saturated rings. The zero-order chi connectivity index (χ0) is 8.88. The Labute approximate surface area is 72.9 Å². The van der Waals surface area contributed by atoms with Crippen molar-refractivity contribution in [3.63, 3.8) is 0 Å². The minimum absolute atomic E-state index is 0.0522. The predicted molar refractivity (Wildman–Crippen MR) is 42.5 cm³/mol. The Balaban J connectivity index is 2.16. The molecule has 0 aromatic carbocycles. The van der Waals surface area contributed by atoms with Crippen LogP contribution in [0.15, 0.2) is 0 Å². The first-order valence-corrected chi connectivity index (χ1v) is 4.60. The summed E-state index contributed by atoms with van der Waals surface area (Å²) in [5.41, 5.74) is 5.47. The maximum atomic E-state index is 11.1. The summed E-state index contributed by atoms with van der Waals surface area (Å²) < 4.78 is 0. The van der Waals surface area contributed by atoms with Crippen LogP contribution < -0.4 is 5.73 Å². The van der Waals surface area contributed by atoms with Crippen LogP contribution in [0.3, 0.4) is 0 Å². The van der Waals surface area contributed by atoms with Crippen LogP contribution in [0.25, 0.3) is 0 Å². The molecule has 0 aliphatic carbocycles. The first kappa shape index (κ1) is 7.88. The molecule has 0 aromatic rings. The monoisotopic (exact) mass is 188 g/mol. The lowest BCUT2D eigenvalue weighted by Crippen LogP contribution is -2.69. The molecule has 3 unspecified atom stereocenters. The summed E-state index contributed by atoms with van der Waals surface area (Å²) in [5, 5.41) is 7.98. The molecule has 12 heavy (non-hydrogen) atoms. The van der Waals surface area contributed by atoms with Gasteiger partial charge in [-0.05, 0) is 0 Å². The Morgan fingerprint density at radius 2 is 2.42 bits per heavy atom. The molecular weight excluding hydrogens is 180 g/mol. The van der Waals surface area contributed by atoms with Gasteiger partial charge in [0.1, 0.15) is 6.04 Å². The second kappa shape index (κ2) is 2.37. The van der Waals surface area contributed by atoms with Crippen LogP contribution in [0.4, 0.5) is 0 Å². The third kappa shape index (κ3) is 0.789. The SMILES string of the molecule is NC1C(=O)N2C(C(=O)O)SCC12. The lowest BCUT2D eigenvalue weighted by Gasteiger charge is -2.41. The molecule has 2 aliphatic heterocycles. The van der Waals surface area contributed by atoms with Crippen molar-refractivity contribution in [3.8, 4) is 0 Å². The molecule has 2 saturated heterocycles. The summed E-state index contributed by atoms with van der Waals surface area (Å²) in [6.07, 6.45) is 0. The molecular formula is C6H8N2O3S. The lowest BCUT2D eigenvalue weighted by atomic mass is 9.98. The number of carbonyl (C=O) groups excluding carboxylic acids is 1. The highest BCUT2D eigenvalue weighted by Gasteiger charge is 2.54. The third-order valence-electron chi connectivity index (χ3n) is 2.20. The topological polar surface area (TPSA) is 83.6 Å². The Bertz CT molecular complexity index is 257. The van der Waals surface area contributed by atoms with Crippen molar-refractivity contribution in [2.24, 2.45) is 5.73 Å². The van der Waals surface area contributed by atoms with E-state index in [1.54, 1.807) is 0 Å². The predicted octanol–water partition coefficient (Wildman–Crippen LogP) is -1.32. The number of rotatable bonds is 1. The standard InChI is InChI=1S/C6H8N2O3S/c7-3-2-1-12-5(6(10)11)8(2)4(3)9/h2-3,5H,1,7H2,(H,10,11). The van der Waals surface area contributed by atoms with Crippen LogP contribution in [0, 0.1) is 0 Å². The van der Waals surface area contributed by atoms with Crippen LogP contribution in [-0.2, 0) is 9.59 Å². The summed E-state index contributed by atoms with van der Waals surface area (Å²) in [6, 6.07) is -0.523. The van der Waals surface area contributed by atoms with Crippen molar-refractivity contribution in [1.82, 2.24) is 4.90 Å². The van der Waals surface area contributed by atoms with Crippen molar-refractivity contribution < 1.29 is 14.7 Å². The van der Waals surface area contributed by atoms with Crippen molar-refractivity contribution in [3.05, 3.63) is 0 Å². The zero-order valence-corrected chi connectivity index (χ0v) is 6.95. The van der Waals surface area contributed by atoms with Crippen LogP contribution in [0.5, 0.6) is 0 Å². The Hall–Kier alpha value is -0.750. The molecule has 66 valence electrons. The largest absolute Gasteiger partial charge is 0.479 e. The number of β-lactam (4-membered cyclic amide) rings is 1. The molecule has 2 rings (SSSR count). The molecule has 0 aromatic heterocycles. The fourth-order valence-electron chi connectivity index (χ4n) is 1.52. The normalized spacial score (nSPS) is 39.2. The number of amides is 1. The van der Waals surface area contributed by atoms with Crippen LogP contribution >= 0.6 is 11.8 Å². The van der Waals surface area contributed by atoms with Crippen molar-refractivity contribution in [2.45, 2.75) is 17.5 Å². The summed E-state index contributed by atoms with van der Waals surface area (Å²) in [5.74, 6) is -0.552. The second-order valence-electron chi connectivity index (χ2n) is 2.86. The van der Waals surface area contributed by atoms with Crippen LogP contribution in [0.2, 0.25) is 0 Å². The van der Waals surface area contributed by atoms with Gasteiger partial charge in [0.05, 0.1) is 6.04 Å². The van der Waals surface area contributed by atoms with E-state index in [0.29, 0.717) is 5.75 Å². The average molecular weight is 188 g/mol. The number of carboxylic acid groups (broad SMARTS) is 1. The molecule has 0 spiro atoms. The van der Waals surface area contributed by atoms with E-state index in [2.05, 4.69) is 0 Å². The van der Waals surface area contributed by atoms with E-state index in [9.17, 15) is 9.59 Å². The van der Waals surface area contributed by atoms with Gasteiger partial charge in [0.25, 0.3) is 0 Å². The number of fused-ring (bicyclic) bond motifs is 1. The average Bonchev–Trinajstić information content (AvgIpc) is 2.43. The smallest absolute Gasteiger partial charge is 0.337 e. The number of thioether (sulfide) groups is 1. The van der Waals surface area contributed by atoms with Gasteiger partial charge in [0, 0.05) is 5.75 Å². The van der Waals surface area contributed by atoms with Crippen molar-refractivity contribution in [1.29, 1.82) is 0 Å². The van der Waals surface area contributed by atoms with E-state index in [1.807, 2.05) is 0 Å². The van der Waals surface area contributed by atoms with Crippen molar-refractivity contribution in [2.75, 3.05) is 5.75 Å². The molecule has 0 radical (unpaired) electrons. The number of carboxylic acids is 1. The van der Waals surface area contributed by atoms with E-state index < -0.39 is 17.4 Å². The molecule has 6 heteroatoms. The first-order valence-electron chi connectivity index (χ1n) is 3.55. The van der Waals surface area contributed by atoms with Gasteiger partial charge in [-0.3, -0.25) is 4.79 Å². The van der Waals surface area contributed by atoms with Gasteiger partial charge in [-0.15, -0.1) is 11.8 Å². The quantitative estimate of drug-likeness (QED) is 0.499. The zero-order valence-electron chi connectivity index (χ0n) is 6.14. The number of hydrogen-bond acceptors (Lipinski definition) is 4.